The van der Waals surface area contributed by atoms with E-state index in [0.717, 1.165) is 0 Å². The van der Waals surface area contributed by atoms with Crippen molar-refractivity contribution in [3.8, 4) is 5.69 Å². The lowest BCUT2D eigenvalue weighted by Crippen LogP contribution is -2.20. The van der Waals surface area contributed by atoms with Crippen molar-refractivity contribution in [3.05, 3.63) is 103 Å². The van der Waals surface area contributed by atoms with Crippen molar-refractivity contribution in [2.24, 2.45) is 0 Å². The molecule has 0 bridgehead atoms. The maximum atomic E-state index is 3.38. The Morgan fingerprint density at radius 3 is 2.32 bits per heavy atom. The molecule has 1 aliphatic rings. The molecule has 0 radical (unpaired) electrons. The van der Waals surface area contributed by atoms with E-state index in [2.05, 4.69) is 100 Å². The molecule has 0 aliphatic carbocycles. The number of nitrogens with zero attached hydrogens (tertiary/aromatic N) is 1. The summed E-state index contributed by atoms with van der Waals surface area (Å²) < 4.78 is 5.11. The molecule has 6 aromatic rings. The molecule has 0 spiro atoms. The average molecular weight is 418 g/mol. The van der Waals surface area contributed by atoms with Gasteiger partial charge >= 0.3 is 0 Å². The van der Waals surface area contributed by atoms with Crippen LogP contribution in [0.15, 0.2) is 97.3 Å². The Bertz CT molecular complexity index is 1630. The third-order valence-corrected chi connectivity index (χ3v) is 7.39. The standard InChI is InChI=1S/C27H19N3S/c1-2-6-18(7-3-1)30-22-16-17(27-28-14-15-29-27)10-11-19(22)20-12-13-24-25(26(20)30)21-8-4-5-9-23(21)31-24/h1-16,27-29H. The van der Waals surface area contributed by atoms with E-state index in [1.807, 2.05) is 23.7 Å². The van der Waals surface area contributed by atoms with Gasteiger partial charge in [-0.3, -0.25) is 0 Å². The van der Waals surface area contributed by atoms with Crippen molar-refractivity contribution in [1.29, 1.82) is 0 Å². The SMILES string of the molecule is C1=CNC(c2ccc3c4ccc5sc6ccccc6c5c4n(-c4ccccc4)c3c2)N1. The van der Waals surface area contributed by atoms with Crippen LogP contribution in [-0.2, 0) is 0 Å². The minimum atomic E-state index is 0.105. The highest BCUT2D eigenvalue weighted by Crippen LogP contribution is 2.43. The first kappa shape index (κ1) is 17.0. The second kappa shape index (κ2) is 6.37. The van der Waals surface area contributed by atoms with Gasteiger partial charge in [-0.05, 0) is 35.9 Å². The second-order valence-corrected chi connectivity index (χ2v) is 9.06. The van der Waals surface area contributed by atoms with Gasteiger partial charge in [0.2, 0.25) is 0 Å². The van der Waals surface area contributed by atoms with E-state index in [1.165, 1.54) is 53.2 Å². The van der Waals surface area contributed by atoms with Gasteiger partial charge in [0.25, 0.3) is 0 Å². The van der Waals surface area contributed by atoms with Gasteiger partial charge in [0.15, 0.2) is 0 Å². The number of para-hydroxylation sites is 1. The molecule has 3 nitrogen and oxygen atoms in total. The Hall–Kier alpha value is -3.76. The Morgan fingerprint density at radius 2 is 1.45 bits per heavy atom. The van der Waals surface area contributed by atoms with E-state index in [4.69, 9.17) is 0 Å². The average Bonchev–Trinajstić information content (AvgIpc) is 3.54. The lowest BCUT2D eigenvalue weighted by Gasteiger charge is -2.14. The molecule has 7 rings (SSSR count). The van der Waals surface area contributed by atoms with Crippen LogP contribution >= 0.6 is 11.3 Å². The maximum Gasteiger partial charge on any atom is 0.122 e. The number of thiophene rings is 1. The Balaban J connectivity index is 1.68. The van der Waals surface area contributed by atoms with Gasteiger partial charge in [0, 0.05) is 49.0 Å². The number of nitrogens with one attached hydrogen (secondary N) is 2. The summed E-state index contributed by atoms with van der Waals surface area (Å²) in [6.45, 7) is 0. The normalized spacial score (nSPS) is 14.1. The summed E-state index contributed by atoms with van der Waals surface area (Å²) in [5, 5.41) is 12.0. The Labute approximate surface area is 183 Å². The van der Waals surface area contributed by atoms with E-state index < -0.39 is 0 Å². The summed E-state index contributed by atoms with van der Waals surface area (Å²) in [6.07, 6.45) is 4.03. The summed E-state index contributed by atoms with van der Waals surface area (Å²) >= 11 is 1.87. The smallest absolute Gasteiger partial charge is 0.122 e. The van der Waals surface area contributed by atoms with E-state index in [1.54, 1.807) is 0 Å². The minimum Gasteiger partial charge on any atom is -0.366 e. The van der Waals surface area contributed by atoms with Crippen molar-refractivity contribution in [2.75, 3.05) is 0 Å². The largest absolute Gasteiger partial charge is 0.366 e. The van der Waals surface area contributed by atoms with Crippen LogP contribution in [-0.4, -0.2) is 4.57 Å². The zero-order valence-electron chi connectivity index (χ0n) is 16.7. The van der Waals surface area contributed by atoms with Gasteiger partial charge in [-0.15, -0.1) is 11.3 Å². The summed E-state index contributed by atoms with van der Waals surface area (Å²) in [7, 11) is 0. The summed E-state index contributed by atoms with van der Waals surface area (Å²) in [5.74, 6) is 0. The second-order valence-electron chi connectivity index (χ2n) is 7.98. The third-order valence-electron chi connectivity index (χ3n) is 6.25. The lowest BCUT2D eigenvalue weighted by atomic mass is 10.1. The van der Waals surface area contributed by atoms with Gasteiger partial charge in [0.1, 0.15) is 6.17 Å². The maximum absolute atomic E-state index is 3.38. The fourth-order valence-corrected chi connectivity index (χ4v) is 5.99. The van der Waals surface area contributed by atoms with Gasteiger partial charge in [0.05, 0.1) is 11.0 Å². The van der Waals surface area contributed by atoms with Crippen LogP contribution in [0.5, 0.6) is 0 Å². The van der Waals surface area contributed by atoms with E-state index >= 15 is 0 Å². The highest BCUT2D eigenvalue weighted by molar-refractivity contribution is 7.26. The quantitative estimate of drug-likeness (QED) is 0.324. The number of aromatic nitrogens is 1. The molecule has 2 aromatic heterocycles. The molecule has 31 heavy (non-hydrogen) atoms. The molecule has 2 N–H and O–H groups in total. The van der Waals surface area contributed by atoms with Crippen LogP contribution in [0.3, 0.4) is 0 Å². The van der Waals surface area contributed by atoms with Crippen molar-refractivity contribution >= 4 is 53.3 Å². The highest BCUT2D eigenvalue weighted by Gasteiger charge is 2.20. The van der Waals surface area contributed by atoms with E-state index in [-0.39, 0.29) is 6.17 Å². The van der Waals surface area contributed by atoms with E-state index in [0.29, 0.717) is 0 Å². The molecule has 0 unspecified atom stereocenters. The first-order valence-electron chi connectivity index (χ1n) is 10.5. The van der Waals surface area contributed by atoms with Crippen LogP contribution in [0, 0.1) is 0 Å². The molecule has 0 saturated heterocycles. The Morgan fingerprint density at radius 1 is 0.677 bits per heavy atom. The van der Waals surface area contributed by atoms with Gasteiger partial charge < -0.3 is 15.2 Å². The zero-order chi connectivity index (χ0) is 20.4. The van der Waals surface area contributed by atoms with Crippen molar-refractivity contribution in [1.82, 2.24) is 15.2 Å². The summed E-state index contributed by atoms with van der Waals surface area (Å²) in [5.41, 5.74) is 4.94. The van der Waals surface area contributed by atoms with Crippen LogP contribution in [0.25, 0.3) is 47.7 Å². The van der Waals surface area contributed by atoms with Gasteiger partial charge in [-0.2, -0.15) is 0 Å². The van der Waals surface area contributed by atoms with Crippen molar-refractivity contribution in [2.45, 2.75) is 6.17 Å². The first-order valence-corrected chi connectivity index (χ1v) is 11.3. The van der Waals surface area contributed by atoms with Gasteiger partial charge in [-0.1, -0.05) is 54.6 Å². The number of rotatable bonds is 2. The topological polar surface area (TPSA) is 29.0 Å². The number of benzene rings is 4. The fraction of sp³-hybridized carbons (Fsp3) is 0.0370. The van der Waals surface area contributed by atoms with Crippen molar-refractivity contribution < 1.29 is 0 Å². The summed E-state index contributed by atoms with van der Waals surface area (Å²) in [4.78, 5) is 0. The first-order chi connectivity index (χ1) is 15.4. The molecular formula is C27H19N3S. The number of fused-ring (bicyclic) bond motifs is 7. The molecule has 0 atom stereocenters. The van der Waals surface area contributed by atoms with Crippen LogP contribution < -0.4 is 10.6 Å². The molecule has 1 aliphatic heterocycles. The minimum absolute atomic E-state index is 0.105. The fourth-order valence-electron chi connectivity index (χ4n) is 4.88. The molecule has 4 heteroatoms. The van der Waals surface area contributed by atoms with Gasteiger partial charge in [-0.25, -0.2) is 0 Å². The molecule has 0 amide bonds. The van der Waals surface area contributed by atoms with Crippen LogP contribution in [0.2, 0.25) is 0 Å². The van der Waals surface area contributed by atoms with Crippen molar-refractivity contribution in [3.63, 3.8) is 0 Å². The lowest BCUT2D eigenvalue weighted by molar-refractivity contribution is 0.608. The molecular weight excluding hydrogens is 398 g/mol. The predicted molar refractivity (Wildman–Crippen MR) is 132 cm³/mol. The molecule has 0 fully saturated rings. The Kier molecular flexibility index (Phi) is 3.49. The number of hydrogen-bond acceptors (Lipinski definition) is 3. The third kappa shape index (κ3) is 2.39. The monoisotopic (exact) mass is 417 g/mol. The highest BCUT2D eigenvalue weighted by atomic mass is 32.1. The molecule has 0 saturated carbocycles. The van der Waals surface area contributed by atoms with Crippen LogP contribution in [0.4, 0.5) is 0 Å². The predicted octanol–water partition coefficient (Wildman–Crippen LogP) is 6.81. The zero-order valence-corrected chi connectivity index (χ0v) is 17.5. The van der Waals surface area contributed by atoms with E-state index in [9.17, 15) is 0 Å². The number of hydrogen-bond donors (Lipinski definition) is 2. The van der Waals surface area contributed by atoms with Crippen LogP contribution in [0.1, 0.15) is 11.7 Å². The molecule has 3 heterocycles. The molecule has 148 valence electrons. The molecule has 4 aromatic carbocycles. The summed E-state index contributed by atoms with van der Waals surface area (Å²) in [6, 6.07) is 30.9.